The number of nitrogens with zero attached hydrogens (tertiary/aromatic N) is 4. The van der Waals surface area contributed by atoms with Crippen molar-refractivity contribution in [2.24, 2.45) is 0 Å². The molecule has 98 valence electrons. The van der Waals surface area contributed by atoms with Crippen LogP contribution >= 0.6 is 0 Å². The molecule has 3 rings (SSSR count). The van der Waals surface area contributed by atoms with Crippen molar-refractivity contribution in [2.75, 3.05) is 0 Å². The van der Waals surface area contributed by atoms with Gasteiger partial charge in [-0.3, -0.25) is 0 Å². The van der Waals surface area contributed by atoms with E-state index in [-0.39, 0.29) is 17.9 Å². The van der Waals surface area contributed by atoms with Crippen LogP contribution in [0.15, 0.2) is 42.7 Å². The largest absolute Gasteiger partial charge is 0.484 e. The fourth-order valence-corrected chi connectivity index (χ4v) is 1.85. The summed E-state index contributed by atoms with van der Waals surface area (Å²) >= 11 is 0. The number of nitriles is 1. The van der Waals surface area contributed by atoms with Gasteiger partial charge in [0.15, 0.2) is 17.2 Å². The van der Waals surface area contributed by atoms with Crippen LogP contribution < -0.4 is 4.74 Å². The number of hydrogen-bond acceptors (Lipinski definition) is 4. The van der Waals surface area contributed by atoms with E-state index in [9.17, 15) is 4.39 Å². The molecule has 0 fully saturated rings. The van der Waals surface area contributed by atoms with E-state index in [1.807, 2.05) is 24.3 Å². The number of fused-ring (bicyclic) bond motifs is 1. The Kier molecular flexibility index (Phi) is 3.01. The predicted molar refractivity (Wildman–Crippen MR) is 68.4 cm³/mol. The second-order valence-corrected chi connectivity index (χ2v) is 4.09. The molecule has 0 aliphatic rings. The molecule has 0 aliphatic heterocycles. The number of pyridine rings is 1. The van der Waals surface area contributed by atoms with Crippen molar-refractivity contribution in [1.82, 2.24) is 14.6 Å². The number of benzene rings is 1. The van der Waals surface area contributed by atoms with Crippen molar-refractivity contribution in [3.05, 3.63) is 59.8 Å². The lowest BCUT2D eigenvalue weighted by Gasteiger charge is -2.08. The van der Waals surface area contributed by atoms with Crippen molar-refractivity contribution in [3.8, 4) is 11.8 Å². The Morgan fingerprint density at radius 3 is 3.00 bits per heavy atom. The number of halogens is 1. The maximum absolute atomic E-state index is 13.7. The number of aromatic nitrogens is 3. The van der Waals surface area contributed by atoms with Crippen LogP contribution in [0.4, 0.5) is 4.39 Å². The summed E-state index contributed by atoms with van der Waals surface area (Å²) in [5.41, 5.74) is 1.71. The van der Waals surface area contributed by atoms with Gasteiger partial charge in [-0.1, -0.05) is 6.07 Å². The Labute approximate surface area is 113 Å². The van der Waals surface area contributed by atoms with Crippen molar-refractivity contribution in [3.63, 3.8) is 0 Å². The quantitative estimate of drug-likeness (QED) is 0.731. The second kappa shape index (κ2) is 4.97. The first-order valence-electron chi connectivity index (χ1n) is 5.88. The smallest absolute Gasteiger partial charge is 0.166 e. The zero-order valence-corrected chi connectivity index (χ0v) is 10.3. The molecule has 20 heavy (non-hydrogen) atoms. The fraction of sp³-hybridized carbons (Fsp3) is 0.0714. The van der Waals surface area contributed by atoms with Gasteiger partial charge in [-0.15, -0.1) is 0 Å². The monoisotopic (exact) mass is 268 g/mol. The molecular weight excluding hydrogens is 259 g/mol. The Balaban J connectivity index is 1.83. The van der Waals surface area contributed by atoms with Crippen LogP contribution in [0.3, 0.4) is 0 Å². The van der Waals surface area contributed by atoms with Gasteiger partial charge in [0.2, 0.25) is 0 Å². The van der Waals surface area contributed by atoms with Crippen molar-refractivity contribution in [1.29, 1.82) is 5.26 Å². The molecule has 0 radical (unpaired) electrons. The summed E-state index contributed by atoms with van der Waals surface area (Å²) in [6.07, 6.45) is 1.45. The summed E-state index contributed by atoms with van der Waals surface area (Å²) in [5, 5.41) is 12.7. The van der Waals surface area contributed by atoms with Crippen LogP contribution in [0.1, 0.15) is 11.3 Å². The summed E-state index contributed by atoms with van der Waals surface area (Å²) in [7, 11) is 0. The molecule has 2 heterocycles. The van der Waals surface area contributed by atoms with Crippen LogP contribution in [-0.2, 0) is 6.61 Å². The van der Waals surface area contributed by atoms with E-state index in [0.717, 1.165) is 11.8 Å². The van der Waals surface area contributed by atoms with Crippen LogP contribution in [-0.4, -0.2) is 14.6 Å². The van der Waals surface area contributed by atoms with Gasteiger partial charge in [0, 0.05) is 0 Å². The first-order valence-corrected chi connectivity index (χ1v) is 5.88. The topological polar surface area (TPSA) is 63.2 Å². The summed E-state index contributed by atoms with van der Waals surface area (Å²) in [4.78, 5) is 4.06. The van der Waals surface area contributed by atoms with Gasteiger partial charge in [0.05, 0.1) is 17.3 Å². The summed E-state index contributed by atoms with van der Waals surface area (Å²) < 4.78 is 20.7. The van der Waals surface area contributed by atoms with Gasteiger partial charge in [-0.05, 0) is 30.3 Å². The molecule has 0 atom stereocenters. The average Bonchev–Trinajstić information content (AvgIpc) is 2.95. The summed E-state index contributed by atoms with van der Waals surface area (Å²) in [5.74, 6) is -0.462. The Bertz CT molecular complexity index is 806. The molecule has 5 nitrogen and oxygen atoms in total. The minimum Gasteiger partial charge on any atom is -0.484 e. The lowest BCUT2D eigenvalue weighted by atomic mass is 10.2. The van der Waals surface area contributed by atoms with E-state index in [1.54, 1.807) is 4.52 Å². The van der Waals surface area contributed by atoms with E-state index < -0.39 is 5.82 Å². The van der Waals surface area contributed by atoms with Gasteiger partial charge < -0.3 is 4.74 Å². The van der Waals surface area contributed by atoms with Gasteiger partial charge in [0.1, 0.15) is 12.9 Å². The average molecular weight is 268 g/mol. The summed E-state index contributed by atoms with van der Waals surface area (Å²) in [6.45, 7) is 0.156. The standard InChI is InChI=1S/C14H9FN4O/c15-12-6-10(7-16)4-5-13(12)20-8-11-2-1-3-14-17-9-18-19(11)14/h1-6,9H,8H2. The minimum absolute atomic E-state index is 0.0983. The first kappa shape index (κ1) is 12.1. The van der Waals surface area contributed by atoms with E-state index in [0.29, 0.717) is 5.65 Å². The van der Waals surface area contributed by atoms with Crippen LogP contribution in [0, 0.1) is 17.1 Å². The third-order valence-corrected chi connectivity index (χ3v) is 2.82. The van der Waals surface area contributed by atoms with Crippen molar-refractivity contribution >= 4 is 5.65 Å². The Hall–Kier alpha value is -2.94. The van der Waals surface area contributed by atoms with Crippen LogP contribution in [0.25, 0.3) is 5.65 Å². The maximum Gasteiger partial charge on any atom is 0.166 e. The van der Waals surface area contributed by atoms with Crippen molar-refractivity contribution in [2.45, 2.75) is 6.61 Å². The normalized spacial score (nSPS) is 10.4. The van der Waals surface area contributed by atoms with Crippen LogP contribution in [0.2, 0.25) is 0 Å². The molecule has 0 saturated carbocycles. The molecule has 2 aromatic heterocycles. The zero-order chi connectivity index (χ0) is 13.9. The maximum atomic E-state index is 13.7. The third-order valence-electron chi connectivity index (χ3n) is 2.82. The van der Waals surface area contributed by atoms with Crippen LogP contribution in [0.5, 0.6) is 5.75 Å². The van der Waals surface area contributed by atoms with E-state index in [2.05, 4.69) is 10.1 Å². The fourth-order valence-electron chi connectivity index (χ4n) is 1.85. The molecule has 1 aromatic carbocycles. The zero-order valence-electron chi connectivity index (χ0n) is 10.3. The molecule has 0 amide bonds. The molecule has 0 spiro atoms. The lowest BCUT2D eigenvalue weighted by Crippen LogP contribution is -2.04. The lowest BCUT2D eigenvalue weighted by molar-refractivity contribution is 0.283. The molecule has 6 heteroatoms. The molecule has 3 aromatic rings. The van der Waals surface area contributed by atoms with Gasteiger partial charge in [0.25, 0.3) is 0 Å². The highest BCUT2D eigenvalue weighted by molar-refractivity contribution is 5.38. The number of ether oxygens (including phenoxy) is 1. The Morgan fingerprint density at radius 1 is 1.30 bits per heavy atom. The van der Waals surface area contributed by atoms with Gasteiger partial charge in [-0.25, -0.2) is 13.9 Å². The first-order chi connectivity index (χ1) is 9.78. The number of rotatable bonds is 3. The highest BCUT2D eigenvalue weighted by Crippen LogP contribution is 2.19. The molecular formula is C14H9FN4O. The van der Waals surface area contributed by atoms with Gasteiger partial charge >= 0.3 is 0 Å². The second-order valence-electron chi connectivity index (χ2n) is 4.09. The Morgan fingerprint density at radius 2 is 2.20 bits per heavy atom. The van der Waals surface area contributed by atoms with E-state index >= 15 is 0 Å². The van der Waals surface area contributed by atoms with Gasteiger partial charge in [-0.2, -0.15) is 10.4 Å². The number of hydrogen-bond donors (Lipinski definition) is 0. The predicted octanol–water partition coefficient (Wildman–Crippen LogP) is 2.32. The van der Waals surface area contributed by atoms with E-state index in [4.69, 9.17) is 10.00 Å². The van der Waals surface area contributed by atoms with E-state index in [1.165, 1.54) is 18.5 Å². The molecule has 0 unspecified atom stereocenters. The molecule has 0 aliphatic carbocycles. The SMILES string of the molecule is N#Cc1ccc(OCc2cccc3ncnn23)c(F)c1. The minimum atomic E-state index is -0.560. The third kappa shape index (κ3) is 2.17. The molecule has 0 bridgehead atoms. The molecule has 0 N–H and O–H groups in total. The molecule has 0 saturated heterocycles. The summed E-state index contributed by atoms with van der Waals surface area (Å²) in [6, 6.07) is 11.4. The highest BCUT2D eigenvalue weighted by Gasteiger charge is 2.07. The highest BCUT2D eigenvalue weighted by atomic mass is 19.1. The van der Waals surface area contributed by atoms with Crippen molar-refractivity contribution < 1.29 is 9.13 Å².